The highest BCUT2D eigenvalue weighted by atomic mass is 19.4. The summed E-state index contributed by atoms with van der Waals surface area (Å²) < 4.78 is 43.0. The zero-order chi connectivity index (χ0) is 12.6. The minimum atomic E-state index is -4.65. The second-order valence-electron chi connectivity index (χ2n) is 3.27. The third-order valence-electron chi connectivity index (χ3n) is 2.22. The summed E-state index contributed by atoms with van der Waals surface area (Å²) >= 11 is 0. The Hall–Kier alpha value is -2.05. The summed E-state index contributed by atoms with van der Waals surface area (Å²) in [6.45, 7) is 0. The van der Waals surface area contributed by atoms with Gasteiger partial charge in [-0.25, -0.2) is 4.79 Å². The van der Waals surface area contributed by atoms with Crippen molar-refractivity contribution in [2.75, 3.05) is 7.11 Å². The summed E-state index contributed by atoms with van der Waals surface area (Å²) in [5.41, 5.74) is -2.29. The van der Waals surface area contributed by atoms with Gasteiger partial charge in [0.15, 0.2) is 0 Å². The molecular formula is C10H7F3N2O2. The van der Waals surface area contributed by atoms with Crippen LogP contribution in [0.5, 0.6) is 5.75 Å². The number of rotatable bonds is 1. The van der Waals surface area contributed by atoms with Crippen molar-refractivity contribution in [3.8, 4) is 5.75 Å². The summed E-state index contributed by atoms with van der Waals surface area (Å²) in [7, 11) is 1.30. The van der Waals surface area contributed by atoms with E-state index >= 15 is 0 Å². The molecule has 1 N–H and O–H groups in total. The van der Waals surface area contributed by atoms with Gasteiger partial charge >= 0.3 is 11.9 Å². The second kappa shape index (κ2) is 3.76. The third-order valence-corrected chi connectivity index (χ3v) is 2.22. The Morgan fingerprint density at radius 3 is 2.65 bits per heavy atom. The van der Waals surface area contributed by atoms with Crippen molar-refractivity contribution in [2.24, 2.45) is 0 Å². The largest absolute Gasteiger partial charge is 0.494 e. The second-order valence-corrected chi connectivity index (χ2v) is 3.27. The number of nitrogens with zero attached hydrogens (tertiary/aromatic N) is 1. The maximum absolute atomic E-state index is 12.7. The molecule has 2 aromatic rings. The summed E-state index contributed by atoms with van der Waals surface area (Å²) in [6.07, 6.45) is -4.65. The van der Waals surface area contributed by atoms with Gasteiger partial charge in [-0.05, 0) is 6.07 Å². The van der Waals surface area contributed by atoms with Gasteiger partial charge in [0, 0.05) is 5.39 Å². The molecule has 0 unspecified atom stereocenters. The van der Waals surface area contributed by atoms with Crippen molar-refractivity contribution >= 4 is 10.9 Å². The van der Waals surface area contributed by atoms with E-state index in [1.54, 1.807) is 4.98 Å². The van der Waals surface area contributed by atoms with Crippen LogP contribution in [0.25, 0.3) is 10.9 Å². The lowest BCUT2D eigenvalue weighted by atomic mass is 10.1. The number of alkyl halides is 3. The monoisotopic (exact) mass is 244 g/mol. The molecule has 0 amide bonds. The molecule has 0 spiro atoms. The minimum Gasteiger partial charge on any atom is -0.494 e. The maximum Gasteiger partial charge on any atom is 0.432 e. The molecule has 0 saturated carbocycles. The van der Waals surface area contributed by atoms with Crippen molar-refractivity contribution in [2.45, 2.75) is 6.18 Å². The zero-order valence-corrected chi connectivity index (χ0v) is 8.63. The highest BCUT2D eigenvalue weighted by Crippen LogP contribution is 2.33. The number of halogens is 3. The Bertz CT molecular complexity index is 619. The fourth-order valence-corrected chi connectivity index (χ4v) is 1.53. The van der Waals surface area contributed by atoms with Crippen LogP contribution in [0, 0.1) is 0 Å². The number of para-hydroxylation sites is 1. The number of hydrogen-bond donors (Lipinski definition) is 1. The maximum atomic E-state index is 12.7. The summed E-state index contributed by atoms with van der Waals surface area (Å²) in [6, 6.07) is 4.06. The van der Waals surface area contributed by atoms with Gasteiger partial charge in [0.1, 0.15) is 17.0 Å². The predicted octanol–water partition coefficient (Wildman–Crippen LogP) is 1.95. The summed E-state index contributed by atoms with van der Waals surface area (Å²) in [5, 5.41) is -0.198. The van der Waals surface area contributed by atoms with Crippen molar-refractivity contribution < 1.29 is 17.9 Å². The fraction of sp³-hybridized carbons (Fsp3) is 0.200. The first-order chi connectivity index (χ1) is 7.93. The molecular weight excluding hydrogens is 237 g/mol. The molecule has 17 heavy (non-hydrogen) atoms. The Labute approximate surface area is 93.1 Å². The average Bonchev–Trinajstić information content (AvgIpc) is 2.26. The van der Waals surface area contributed by atoms with E-state index in [4.69, 9.17) is 4.74 Å². The van der Waals surface area contributed by atoms with Crippen LogP contribution in [-0.4, -0.2) is 17.1 Å². The Morgan fingerprint density at radius 1 is 1.35 bits per heavy atom. The number of methoxy groups -OCH3 is 1. The van der Waals surface area contributed by atoms with Crippen LogP contribution in [0.1, 0.15) is 5.69 Å². The molecule has 0 fully saturated rings. The van der Waals surface area contributed by atoms with Gasteiger partial charge in [-0.3, -0.25) is 0 Å². The van der Waals surface area contributed by atoms with Crippen LogP contribution < -0.4 is 10.4 Å². The Kier molecular flexibility index (Phi) is 2.53. The van der Waals surface area contributed by atoms with E-state index in [1.165, 1.54) is 25.3 Å². The van der Waals surface area contributed by atoms with Crippen LogP contribution in [0.3, 0.4) is 0 Å². The lowest BCUT2D eigenvalue weighted by molar-refractivity contribution is -0.140. The van der Waals surface area contributed by atoms with E-state index in [0.29, 0.717) is 0 Å². The molecule has 1 aromatic carbocycles. The molecule has 0 atom stereocenters. The number of hydrogen-bond acceptors (Lipinski definition) is 3. The SMILES string of the molecule is COc1cccc2c(C(F)(F)F)[nH]c(=O)nc12. The molecule has 0 aliphatic carbocycles. The van der Waals surface area contributed by atoms with Crippen LogP contribution in [-0.2, 0) is 6.18 Å². The van der Waals surface area contributed by atoms with Crippen LogP contribution in [0.15, 0.2) is 23.0 Å². The van der Waals surface area contributed by atoms with E-state index in [1.807, 2.05) is 0 Å². The Balaban J connectivity index is 2.91. The number of benzene rings is 1. The third kappa shape index (κ3) is 1.95. The summed E-state index contributed by atoms with van der Waals surface area (Å²) in [5.74, 6) is 0.124. The van der Waals surface area contributed by atoms with E-state index < -0.39 is 17.6 Å². The smallest absolute Gasteiger partial charge is 0.432 e. The molecule has 7 heteroatoms. The first-order valence-corrected chi connectivity index (χ1v) is 4.57. The topological polar surface area (TPSA) is 55.0 Å². The molecule has 0 aliphatic rings. The highest BCUT2D eigenvalue weighted by Gasteiger charge is 2.34. The molecule has 0 saturated heterocycles. The highest BCUT2D eigenvalue weighted by molar-refractivity contribution is 5.86. The minimum absolute atomic E-state index is 0.105. The van der Waals surface area contributed by atoms with E-state index in [2.05, 4.69) is 4.98 Å². The van der Waals surface area contributed by atoms with Crippen molar-refractivity contribution in [3.63, 3.8) is 0 Å². The number of aromatic amines is 1. The van der Waals surface area contributed by atoms with Crippen LogP contribution in [0.4, 0.5) is 13.2 Å². The predicted molar refractivity (Wildman–Crippen MR) is 53.9 cm³/mol. The first kappa shape index (κ1) is 11.4. The lowest BCUT2D eigenvalue weighted by Gasteiger charge is -2.10. The Morgan fingerprint density at radius 2 is 2.06 bits per heavy atom. The van der Waals surface area contributed by atoms with E-state index in [-0.39, 0.29) is 16.7 Å². The molecule has 0 bridgehead atoms. The van der Waals surface area contributed by atoms with Crippen molar-refractivity contribution in [1.82, 2.24) is 9.97 Å². The molecule has 90 valence electrons. The number of aromatic nitrogens is 2. The molecule has 1 aromatic heterocycles. The number of H-pyrrole nitrogens is 1. The lowest BCUT2D eigenvalue weighted by Crippen LogP contribution is -2.19. The van der Waals surface area contributed by atoms with Gasteiger partial charge in [-0.15, -0.1) is 0 Å². The van der Waals surface area contributed by atoms with Gasteiger partial charge in [-0.1, -0.05) is 12.1 Å². The zero-order valence-electron chi connectivity index (χ0n) is 8.63. The molecule has 2 rings (SSSR count). The molecule has 4 nitrogen and oxygen atoms in total. The average molecular weight is 244 g/mol. The number of ether oxygens (including phenoxy) is 1. The van der Waals surface area contributed by atoms with E-state index in [9.17, 15) is 18.0 Å². The number of nitrogens with one attached hydrogen (secondary N) is 1. The molecule has 0 aliphatic heterocycles. The van der Waals surface area contributed by atoms with Crippen molar-refractivity contribution in [3.05, 3.63) is 34.4 Å². The van der Waals surface area contributed by atoms with Gasteiger partial charge < -0.3 is 9.72 Å². The number of fused-ring (bicyclic) bond motifs is 1. The van der Waals surface area contributed by atoms with Crippen LogP contribution in [0.2, 0.25) is 0 Å². The van der Waals surface area contributed by atoms with Gasteiger partial charge in [0.05, 0.1) is 7.11 Å². The quantitative estimate of drug-likeness (QED) is 0.834. The summed E-state index contributed by atoms with van der Waals surface area (Å²) in [4.78, 5) is 16.3. The van der Waals surface area contributed by atoms with Crippen molar-refractivity contribution in [1.29, 1.82) is 0 Å². The molecule has 0 radical (unpaired) electrons. The normalized spacial score (nSPS) is 11.8. The van der Waals surface area contributed by atoms with Gasteiger partial charge in [0.2, 0.25) is 0 Å². The van der Waals surface area contributed by atoms with Gasteiger partial charge in [0.25, 0.3) is 0 Å². The first-order valence-electron chi connectivity index (χ1n) is 4.57. The fourth-order valence-electron chi connectivity index (χ4n) is 1.53. The van der Waals surface area contributed by atoms with E-state index in [0.717, 1.165) is 0 Å². The molecule has 1 heterocycles. The van der Waals surface area contributed by atoms with Gasteiger partial charge in [-0.2, -0.15) is 18.2 Å². The van der Waals surface area contributed by atoms with Crippen LogP contribution >= 0.6 is 0 Å². The standard InChI is InChI=1S/C10H7F3N2O2/c1-17-6-4-2-3-5-7(6)14-9(16)15-8(5)10(11,12)13/h2-4H,1H3,(H,14,15,16).